The Hall–Kier alpha value is -3.91. The van der Waals surface area contributed by atoms with E-state index in [9.17, 15) is 54.6 Å². The molecule has 3 fully saturated rings. The number of aliphatic carboxylic acids is 1. The van der Waals surface area contributed by atoms with Crippen LogP contribution < -0.4 is 0 Å². The van der Waals surface area contributed by atoms with Gasteiger partial charge in [0.2, 0.25) is 5.79 Å². The number of carbonyl (C=O) groups is 5. The third kappa shape index (κ3) is 17.8. The van der Waals surface area contributed by atoms with E-state index in [2.05, 4.69) is 6.92 Å². The highest BCUT2D eigenvalue weighted by molar-refractivity contribution is 6.39. The fourth-order valence-corrected chi connectivity index (χ4v) is 10.2. The highest BCUT2D eigenvalue weighted by Crippen LogP contribution is 2.37. The number of aliphatic hydroxyl groups excluding tert-OH is 4. The van der Waals surface area contributed by atoms with E-state index in [-0.39, 0.29) is 42.6 Å². The molecule has 2 aliphatic heterocycles. The van der Waals surface area contributed by atoms with E-state index in [1.165, 1.54) is 14.0 Å². The summed E-state index contributed by atoms with van der Waals surface area (Å²) < 4.78 is 28.6. The summed E-state index contributed by atoms with van der Waals surface area (Å²) in [6.07, 6.45) is 16.0. The summed E-state index contributed by atoms with van der Waals surface area (Å²) in [5, 5.41) is 62.7. The van der Waals surface area contributed by atoms with Crippen molar-refractivity contribution in [1.29, 1.82) is 0 Å². The lowest BCUT2D eigenvalue weighted by Crippen LogP contribution is -2.60. The van der Waals surface area contributed by atoms with Crippen LogP contribution in [0.1, 0.15) is 126 Å². The van der Waals surface area contributed by atoms with E-state index >= 15 is 0 Å². The number of amides is 1. The zero-order valence-corrected chi connectivity index (χ0v) is 45.3. The van der Waals surface area contributed by atoms with Crippen LogP contribution in [0.25, 0.3) is 0 Å². The maximum Gasteiger partial charge on any atom is 0.326 e. The first-order chi connectivity index (χ1) is 34.4. The smallest absolute Gasteiger partial charge is 0.326 e. The van der Waals surface area contributed by atoms with Crippen LogP contribution in [-0.2, 0) is 47.7 Å². The minimum absolute atomic E-state index is 0.00266. The number of hydrogen-bond acceptors (Lipinski definition) is 15. The average Bonchev–Trinajstić information content (AvgIpc) is 3.37. The Balaban J connectivity index is 1.50. The van der Waals surface area contributed by atoms with Crippen LogP contribution in [0.4, 0.5) is 0 Å². The monoisotopic (exact) mass is 1030 g/mol. The number of hydrogen-bond donors (Lipinski definition) is 6. The maximum atomic E-state index is 13.6. The van der Waals surface area contributed by atoms with Crippen molar-refractivity contribution in [2.45, 2.75) is 181 Å². The number of carbonyl (C=O) groups excluding carboxylic acids is 4. The number of ether oxygens (including phenoxy) is 5. The van der Waals surface area contributed by atoms with Crippen molar-refractivity contribution >= 4 is 29.4 Å². The summed E-state index contributed by atoms with van der Waals surface area (Å²) in [4.78, 5) is 65.9. The number of rotatable bonds is 28. The molecule has 0 spiro atoms. The predicted molar refractivity (Wildman–Crippen MR) is 275 cm³/mol. The van der Waals surface area contributed by atoms with Crippen molar-refractivity contribution in [1.82, 2.24) is 4.90 Å². The van der Waals surface area contributed by atoms with Gasteiger partial charge in [-0.05, 0) is 114 Å². The van der Waals surface area contributed by atoms with Gasteiger partial charge in [-0.1, -0.05) is 83.2 Å². The fraction of sp³-hybridized carbons (Fsp3) is 0.732. The molecular weight excluding hydrogens is 943 g/mol. The lowest BCUT2D eigenvalue weighted by Gasteiger charge is -2.42. The molecule has 0 aromatic heterocycles. The molecule has 15 unspecified atom stereocenters. The molecule has 0 radical (unpaired) electrons. The molecule has 2 heterocycles. The van der Waals surface area contributed by atoms with Gasteiger partial charge >= 0.3 is 11.9 Å². The van der Waals surface area contributed by atoms with Crippen LogP contribution in [0.5, 0.6) is 0 Å². The molecule has 0 aromatic rings. The summed E-state index contributed by atoms with van der Waals surface area (Å²) in [5.41, 5.74) is -0.0151. The summed E-state index contributed by atoms with van der Waals surface area (Å²) in [5.74, 6) is -7.73. The normalized spacial score (nSPS) is 28.1. The van der Waals surface area contributed by atoms with Gasteiger partial charge in [-0.2, -0.15) is 0 Å². The molecule has 3 aliphatic rings. The number of carboxylic acid groups (broad SMARTS) is 1. The van der Waals surface area contributed by atoms with Crippen molar-refractivity contribution in [3.05, 3.63) is 59.8 Å². The molecule has 0 bridgehead atoms. The van der Waals surface area contributed by atoms with Crippen LogP contribution in [0.2, 0.25) is 0 Å². The van der Waals surface area contributed by atoms with Gasteiger partial charge in [0.1, 0.15) is 29.8 Å². The number of piperidine rings is 1. The second-order valence-corrected chi connectivity index (χ2v) is 21.5. The van der Waals surface area contributed by atoms with Gasteiger partial charge < -0.3 is 59.2 Å². The number of aliphatic hydroxyl groups is 5. The number of esters is 1. The summed E-state index contributed by atoms with van der Waals surface area (Å²) in [6.45, 7) is 13.5. The molecule has 6 N–H and O–H groups in total. The van der Waals surface area contributed by atoms with E-state index < -0.39 is 103 Å². The summed E-state index contributed by atoms with van der Waals surface area (Å²) in [6, 6.07) is -1.12. The van der Waals surface area contributed by atoms with Gasteiger partial charge in [0.05, 0.1) is 37.6 Å². The van der Waals surface area contributed by atoms with Crippen LogP contribution in [0.15, 0.2) is 59.8 Å². The van der Waals surface area contributed by atoms with Crippen molar-refractivity contribution in [3.63, 3.8) is 0 Å². The Morgan fingerprint density at radius 3 is 2.12 bits per heavy atom. The number of methoxy groups -OCH3 is 3. The van der Waals surface area contributed by atoms with Crippen LogP contribution in [-0.4, -0.2) is 161 Å². The molecule has 17 heteroatoms. The largest absolute Gasteiger partial charge is 0.480 e. The van der Waals surface area contributed by atoms with Crippen LogP contribution in [0, 0.1) is 40.9 Å². The van der Waals surface area contributed by atoms with Crippen LogP contribution >= 0.6 is 0 Å². The highest BCUT2D eigenvalue weighted by Gasteiger charge is 2.53. The average molecular weight is 1030 g/mol. The number of Topliss-reactive ketones (excluding diaryl/α,β-unsaturated/α-hetero) is 2. The topological polar surface area (TPSA) is 256 Å². The maximum absolute atomic E-state index is 13.6. The molecule has 0 aromatic carbocycles. The van der Waals surface area contributed by atoms with E-state index in [4.69, 9.17) is 23.7 Å². The Morgan fingerprint density at radius 1 is 0.822 bits per heavy atom. The first kappa shape index (κ1) is 63.4. The van der Waals surface area contributed by atoms with Gasteiger partial charge in [-0.25, -0.2) is 4.79 Å². The van der Waals surface area contributed by atoms with E-state index in [0.717, 1.165) is 23.3 Å². The highest BCUT2D eigenvalue weighted by atomic mass is 16.6. The van der Waals surface area contributed by atoms with E-state index in [1.807, 2.05) is 64.2 Å². The number of ketones is 2. The quantitative estimate of drug-likeness (QED) is 0.0233. The van der Waals surface area contributed by atoms with Gasteiger partial charge in [0.15, 0.2) is 5.78 Å². The van der Waals surface area contributed by atoms with E-state index in [0.29, 0.717) is 62.9 Å². The fourth-order valence-electron chi connectivity index (χ4n) is 10.2. The van der Waals surface area contributed by atoms with Gasteiger partial charge in [0.25, 0.3) is 11.7 Å². The molecule has 15 atom stereocenters. The second kappa shape index (κ2) is 30.0. The molecule has 17 nitrogen and oxygen atoms in total. The molecule has 414 valence electrons. The van der Waals surface area contributed by atoms with Crippen molar-refractivity contribution in [2.24, 2.45) is 40.9 Å². The van der Waals surface area contributed by atoms with Crippen molar-refractivity contribution in [3.8, 4) is 0 Å². The Kier molecular flexibility index (Phi) is 26.0. The van der Waals surface area contributed by atoms with Crippen molar-refractivity contribution in [2.75, 3.05) is 41.1 Å². The van der Waals surface area contributed by atoms with Gasteiger partial charge in [-0.3, -0.25) is 19.2 Å². The third-order valence-corrected chi connectivity index (χ3v) is 15.3. The molecule has 1 aliphatic carbocycles. The Labute approximate surface area is 433 Å². The lowest BCUT2D eigenvalue weighted by molar-refractivity contribution is -0.265. The van der Waals surface area contributed by atoms with E-state index in [1.54, 1.807) is 40.2 Å². The minimum atomic E-state index is -2.39. The first-order valence-corrected chi connectivity index (χ1v) is 26.2. The standard InChI is InChI=1S/C56H89NO16/c1-34(17-13-12-14-18-36(3)46(69-9)31-42-23-21-40(7)56(68,73-42)51(63)52(64)57-26-16-15-19-43(57)53(65)66)27-38(5)48(61)50(71-11)49(62)39(6)29-37(4)44(60)24-20-35(2)28-41-22-25-45(47(30-41)70-10)72-54(67)55(8,32-58)33-59/h12-14,17-18,20,24,29,34-35,37-38,40-47,49-50,58-60,62,68H,15-16,19,21-23,25-28,30-33H2,1-11H3,(H,65,66). The molecule has 2 saturated heterocycles. The minimum Gasteiger partial charge on any atom is -0.480 e. The molecule has 73 heavy (non-hydrogen) atoms. The Morgan fingerprint density at radius 2 is 1.51 bits per heavy atom. The first-order valence-electron chi connectivity index (χ1n) is 26.2. The Bertz CT molecular complexity index is 1960. The number of nitrogens with zero attached hydrogens (tertiary/aromatic N) is 1. The summed E-state index contributed by atoms with van der Waals surface area (Å²) >= 11 is 0. The molecule has 1 saturated carbocycles. The molecular formula is C56H89NO16. The third-order valence-electron chi connectivity index (χ3n) is 15.3. The molecule has 3 rings (SSSR count). The number of carboxylic acids is 1. The number of allylic oxidation sites excluding steroid dienone is 6. The second-order valence-electron chi connectivity index (χ2n) is 21.5. The SMILES string of the molecule is COC(CC1CCC(C)C(O)(C(=O)C(=O)N2CCCCC2C(=O)O)O1)C(C)=CC=CC=CC(C)CC(C)C(=O)C(OC)C(O)C(C)=CC(C)C(O)C=CC(C)CC1CCC(OC(=O)C(C)(CO)CO)C(OC)C1. The van der Waals surface area contributed by atoms with Crippen LogP contribution in [0.3, 0.4) is 0 Å². The lowest BCUT2D eigenvalue weighted by atomic mass is 9.80. The zero-order chi connectivity index (χ0) is 54.8. The molecule has 1 amide bonds. The number of likely N-dealkylation sites (tertiary alicyclic amines) is 1. The summed E-state index contributed by atoms with van der Waals surface area (Å²) in [7, 11) is 4.53. The van der Waals surface area contributed by atoms with Crippen molar-refractivity contribution < 1.29 is 78.3 Å². The zero-order valence-electron chi connectivity index (χ0n) is 45.3. The van der Waals surface area contributed by atoms with Gasteiger partial charge in [-0.15, -0.1) is 0 Å². The van der Waals surface area contributed by atoms with Gasteiger partial charge in [0, 0.05) is 52.0 Å². The predicted octanol–water partition coefficient (Wildman–Crippen LogP) is 5.84.